The molecule has 0 saturated heterocycles. The summed E-state index contributed by atoms with van der Waals surface area (Å²) in [5.74, 6) is 0. The lowest BCUT2D eigenvalue weighted by atomic mass is 10.0. The molecule has 1 aromatic carbocycles. The number of halogens is 2. The van der Waals surface area contributed by atoms with Crippen LogP contribution in [0.5, 0.6) is 0 Å². The van der Waals surface area contributed by atoms with Gasteiger partial charge in [0.05, 0.1) is 28.4 Å². The Bertz CT molecular complexity index is 1680. The van der Waals surface area contributed by atoms with Crippen LogP contribution in [0.3, 0.4) is 0 Å². The summed E-state index contributed by atoms with van der Waals surface area (Å²) in [6.07, 6.45) is 12.3. The van der Waals surface area contributed by atoms with Gasteiger partial charge in [0, 0.05) is 20.9 Å². The van der Waals surface area contributed by atoms with Crippen molar-refractivity contribution in [3.05, 3.63) is 78.0 Å². The van der Waals surface area contributed by atoms with E-state index in [-0.39, 0.29) is 0 Å². The van der Waals surface area contributed by atoms with Crippen molar-refractivity contribution in [1.29, 1.82) is 0 Å². The zero-order valence-corrected chi connectivity index (χ0v) is 31.6. The summed E-state index contributed by atoms with van der Waals surface area (Å²) < 4.78 is 2.47. The normalized spacial score (nSPS) is 11.6. The van der Waals surface area contributed by atoms with Gasteiger partial charge in [-0.1, -0.05) is 76.6 Å². The van der Waals surface area contributed by atoms with Gasteiger partial charge in [-0.25, -0.2) is 9.97 Å². The molecule has 0 aliphatic rings. The molecule has 0 atom stereocenters. The molecule has 6 aromatic rings. The lowest BCUT2D eigenvalue weighted by Crippen LogP contribution is -1.96. The van der Waals surface area contributed by atoms with Crippen LogP contribution in [0.2, 0.25) is 0 Å². The first-order valence-corrected chi connectivity index (χ1v) is 20.5. The maximum Gasteiger partial charge on any atom is 0.108 e. The maximum atomic E-state index is 5.50. The first-order chi connectivity index (χ1) is 21.6. The van der Waals surface area contributed by atoms with E-state index in [1.54, 1.807) is 22.7 Å². The fourth-order valence-electron chi connectivity index (χ4n) is 5.61. The maximum absolute atomic E-state index is 5.50. The number of nitrogens with zero attached hydrogens (tertiary/aromatic N) is 2. The van der Waals surface area contributed by atoms with E-state index in [4.69, 9.17) is 9.97 Å². The largest absolute Gasteiger partial charge is 0.242 e. The Morgan fingerprint density at radius 1 is 0.568 bits per heavy atom. The van der Waals surface area contributed by atoms with Gasteiger partial charge >= 0.3 is 0 Å². The third-order valence-corrected chi connectivity index (χ3v) is 13.7. The predicted molar refractivity (Wildman–Crippen MR) is 204 cm³/mol. The zero-order chi connectivity index (χ0) is 30.5. The van der Waals surface area contributed by atoms with E-state index < -0.39 is 0 Å². The molecule has 8 heteroatoms. The van der Waals surface area contributed by atoms with Gasteiger partial charge in [0.1, 0.15) is 11.4 Å². The minimum absolute atomic E-state index is 0.965. The van der Waals surface area contributed by atoms with Crippen molar-refractivity contribution in [3.8, 4) is 42.0 Å². The molecular formula is C36H36Br2N2S4. The van der Waals surface area contributed by atoms with Gasteiger partial charge in [0.25, 0.3) is 0 Å². The van der Waals surface area contributed by atoms with Gasteiger partial charge in [-0.05, 0) is 104 Å². The number of benzene rings is 1. The van der Waals surface area contributed by atoms with E-state index in [2.05, 4.69) is 105 Å². The number of aromatic nitrogens is 2. The van der Waals surface area contributed by atoms with Crippen molar-refractivity contribution in [2.75, 3.05) is 0 Å². The molecule has 0 bridgehead atoms. The van der Waals surface area contributed by atoms with E-state index >= 15 is 0 Å². The summed E-state index contributed by atoms with van der Waals surface area (Å²) in [7, 11) is 0. The highest BCUT2D eigenvalue weighted by Gasteiger charge is 2.22. The number of hydrogen-bond donors (Lipinski definition) is 0. The van der Waals surface area contributed by atoms with Gasteiger partial charge in [-0.3, -0.25) is 0 Å². The molecule has 0 saturated carbocycles. The van der Waals surface area contributed by atoms with Crippen molar-refractivity contribution < 1.29 is 0 Å². The molecule has 0 N–H and O–H groups in total. The van der Waals surface area contributed by atoms with Crippen LogP contribution in [-0.4, -0.2) is 9.97 Å². The molecule has 228 valence electrons. The first-order valence-electron chi connectivity index (χ1n) is 15.6. The van der Waals surface area contributed by atoms with Gasteiger partial charge < -0.3 is 0 Å². The molecule has 0 fully saturated rings. The van der Waals surface area contributed by atoms with Gasteiger partial charge in [0.2, 0.25) is 0 Å². The molecule has 0 amide bonds. The van der Waals surface area contributed by atoms with E-state index in [1.165, 1.54) is 79.8 Å². The highest BCUT2D eigenvalue weighted by Crippen LogP contribution is 2.45. The Kier molecular flexibility index (Phi) is 11.2. The molecule has 2 nitrogen and oxygen atoms in total. The first kappa shape index (κ1) is 32.3. The van der Waals surface area contributed by atoms with E-state index in [1.807, 2.05) is 22.7 Å². The van der Waals surface area contributed by atoms with Crippen LogP contribution in [0, 0.1) is 0 Å². The number of aryl methyl sites for hydroxylation is 2. The summed E-state index contributed by atoms with van der Waals surface area (Å²) in [5.41, 5.74) is 9.00. The molecule has 0 spiro atoms. The van der Waals surface area contributed by atoms with Crippen LogP contribution < -0.4 is 0 Å². The van der Waals surface area contributed by atoms with Crippen molar-refractivity contribution in [1.82, 2.24) is 9.97 Å². The predicted octanol–water partition coefficient (Wildman–Crippen LogP) is 14.3. The van der Waals surface area contributed by atoms with Gasteiger partial charge in [-0.15, -0.1) is 45.3 Å². The molecule has 0 aliphatic carbocycles. The highest BCUT2D eigenvalue weighted by molar-refractivity contribution is 9.11. The Morgan fingerprint density at radius 2 is 1.02 bits per heavy atom. The number of hydrogen-bond acceptors (Lipinski definition) is 6. The molecule has 0 aliphatic heterocycles. The van der Waals surface area contributed by atoms with Crippen LogP contribution in [-0.2, 0) is 12.8 Å². The molecule has 5 aromatic heterocycles. The van der Waals surface area contributed by atoms with Gasteiger partial charge in [-0.2, -0.15) is 0 Å². The second-order valence-corrected chi connectivity index (χ2v) is 17.8. The summed E-state index contributed by atoms with van der Waals surface area (Å²) >= 11 is 14.9. The highest BCUT2D eigenvalue weighted by atomic mass is 79.9. The SMILES string of the molecule is CCCCCCc1cc(-c2ccc(-c3cc(CCCCCC)c(Br)s3)c3nc(-c4cccs4)c(-c4cccs4)nc23)sc1Br. The summed E-state index contributed by atoms with van der Waals surface area (Å²) in [6, 6.07) is 17.9. The second-order valence-electron chi connectivity index (χ2n) is 11.2. The van der Waals surface area contributed by atoms with E-state index in [0.717, 1.165) is 56.1 Å². The molecule has 0 unspecified atom stereocenters. The quantitative estimate of drug-likeness (QED) is 0.103. The Hall–Kier alpha value is -1.68. The Morgan fingerprint density at radius 3 is 1.41 bits per heavy atom. The van der Waals surface area contributed by atoms with E-state index in [0.29, 0.717) is 0 Å². The lowest BCUT2D eigenvalue weighted by Gasteiger charge is -2.13. The van der Waals surface area contributed by atoms with Crippen molar-refractivity contribution >= 4 is 88.2 Å². The Balaban J connectivity index is 1.50. The van der Waals surface area contributed by atoms with Crippen molar-refractivity contribution in [3.63, 3.8) is 0 Å². The molecular weight excluding hydrogens is 748 g/mol. The fourth-order valence-corrected chi connectivity index (χ4v) is 10.6. The van der Waals surface area contributed by atoms with Crippen LogP contribution in [0.15, 0.2) is 66.9 Å². The third-order valence-electron chi connectivity index (χ3n) is 7.98. The fraction of sp³-hybridized carbons (Fsp3) is 0.333. The average Bonchev–Trinajstić information content (AvgIpc) is 3.85. The standard InChI is InChI=1S/C36H36Br2N2S4/c1-3-5-7-9-13-23-21-29(43-35(23)37)25-17-18-26(30-22-24(36(38)44-30)14-10-8-6-4-2)32-31(25)39-33(27-15-11-19-41-27)34(40-32)28-16-12-20-42-28/h11-12,15-22H,3-10,13-14H2,1-2H3. The third kappa shape index (κ3) is 7.16. The number of fused-ring (bicyclic) bond motifs is 1. The molecule has 6 rings (SSSR count). The number of thiophene rings is 4. The zero-order valence-electron chi connectivity index (χ0n) is 25.1. The number of unbranched alkanes of at least 4 members (excludes halogenated alkanes) is 6. The second kappa shape index (κ2) is 15.3. The minimum atomic E-state index is 0.965. The molecule has 44 heavy (non-hydrogen) atoms. The summed E-state index contributed by atoms with van der Waals surface area (Å²) in [5, 5.41) is 4.26. The van der Waals surface area contributed by atoms with Crippen molar-refractivity contribution in [2.45, 2.75) is 78.1 Å². The Labute approximate surface area is 293 Å². The van der Waals surface area contributed by atoms with E-state index in [9.17, 15) is 0 Å². The molecule has 0 radical (unpaired) electrons. The van der Waals surface area contributed by atoms with Gasteiger partial charge in [0.15, 0.2) is 0 Å². The van der Waals surface area contributed by atoms with Crippen LogP contribution in [0.4, 0.5) is 0 Å². The van der Waals surface area contributed by atoms with Crippen molar-refractivity contribution in [2.24, 2.45) is 0 Å². The summed E-state index contributed by atoms with van der Waals surface area (Å²) in [6.45, 7) is 4.54. The topological polar surface area (TPSA) is 25.8 Å². The lowest BCUT2D eigenvalue weighted by molar-refractivity contribution is 0.667. The smallest absolute Gasteiger partial charge is 0.108 e. The summed E-state index contributed by atoms with van der Waals surface area (Å²) in [4.78, 5) is 15.8. The number of rotatable bonds is 14. The van der Waals surface area contributed by atoms with Crippen LogP contribution >= 0.6 is 77.2 Å². The monoisotopic (exact) mass is 782 g/mol. The minimum Gasteiger partial charge on any atom is -0.242 e. The average molecular weight is 785 g/mol. The van der Waals surface area contributed by atoms with Crippen LogP contribution in [0.1, 0.15) is 76.3 Å². The van der Waals surface area contributed by atoms with Crippen LogP contribution in [0.25, 0.3) is 53.1 Å². The molecule has 5 heterocycles.